The number of fused-ring (bicyclic) bond motifs is 1. The summed E-state index contributed by atoms with van der Waals surface area (Å²) in [6.45, 7) is 2.37. The molecule has 0 spiro atoms. The first kappa shape index (κ1) is 19.9. The van der Waals surface area contributed by atoms with Crippen molar-refractivity contribution in [2.45, 2.75) is 18.4 Å². The quantitative estimate of drug-likeness (QED) is 0.346. The average Bonchev–Trinajstić information content (AvgIpc) is 3.16. The minimum absolute atomic E-state index is 0.0902. The van der Waals surface area contributed by atoms with E-state index in [-0.39, 0.29) is 5.91 Å². The number of aryl methyl sites for hydroxylation is 1. The number of hydrogen-bond donors (Lipinski definition) is 0. The molecule has 29 heavy (non-hydrogen) atoms. The number of hydrogen-bond acceptors (Lipinski definition) is 5. The molecule has 4 nitrogen and oxygen atoms in total. The molecule has 0 saturated carbocycles. The fourth-order valence-electron chi connectivity index (χ4n) is 3.07. The third-order valence-corrected chi connectivity index (χ3v) is 6.46. The molecular formula is C22H18ClN3OS2. The van der Waals surface area contributed by atoms with Gasteiger partial charge in [-0.1, -0.05) is 35.1 Å². The monoisotopic (exact) mass is 439 g/mol. The summed E-state index contributed by atoms with van der Waals surface area (Å²) >= 11 is 9.30. The van der Waals surface area contributed by atoms with Crippen molar-refractivity contribution in [2.75, 3.05) is 11.2 Å². The maximum Gasteiger partial charge on any atom is 0.260 e. The molecule has 0 radical (unpaired) electrons. The molecule has 7 heteroatoms. The minimum atomic E-state index is -0.0902. The summed E-state index contributed by atoms with van der Waals surface area (Å²) in [6, 6.07) is 15.3. The maximum absolute atomic E-state index is 13.5. The summed E-state index contributed by atoms with van der Waals surface area (Å²) in [5.41, 5.74) is 3.44. The van der Waals surface area contributed by atoms with Crippen molar-refractivity contribution >= 4 is 56.0 Å². The Bertz CT molecular complexity index is 1180. The van der Waals surface area contributed by atoms with Crippen molar-refractivity contribution in [3.63, 3.8) is 0 Å². The minimum Gasteiger partial charge on any atom is -0.279 e. The number of nitrogens with zero attached hydrogens (tertiary/aromatic N) is 3. The van der Waals surface area contributed by atoms with Gasteiger partial charge >= 0.3 is 0 Å². The summed E-state index contributed by atoms with van der Waals surface area (Å²) in [7, 11) is 0. The fraction of sp³-hybridized carbons (Fsp3) is 0.136. The van der Waals surface area contributed by atoms with Gasteiger partial charge in [0, 0.05) is 27.9 Å². The molecule has 0 bridgehead atoms. The summed E-state index contributed by atoms with van der Waals surface area (Å²) in [6.07, 6.45) is 5.49. The molecule has 2 heterocycles. The van der Waals surface area contributed by atoms with Crippen LogP contribution in [0.3, 0.4) is 0 Å². The third-order valence-electron chi connectivity index (χ3n) is 4.50. The molecular weight excluding hydrogens is 422 g/mol. The zero-order valence-electron chi connectivity index (χ0n) is 15.9. The Balaban J connectivity index is 1.79. The Kier molecular flexibility index (Phi) is 5.85. The van der Waals surface area contributed by atoms with E-state index in [1.54, 1.807) is 29.1 Å². The van der Waals surface area contributed by atoms with Crippen LogP contribution in [0.15, 0.2) is 65.8 Å². The molecule has 0 aliphatic heterocycles. The van der Waals surface area contributed by atoms with E-state index in [4.69, 9.17) is 16.6 Å². The van der Waals surface area contributed by atoms with Crippen molar-refractivity contribution < 1.29 is 4.79 Å². The lowest BCUT2D eigenvalue weighted by Crippen LogP contribution is -2.30. The van der Waals surface area contributed by atoms with Crippen LogP contribution in [0.2, 0.25) is 5.02 Å². The van der Waals surface area contributed by atoms with Crippen LogP contribution in [0, 0.1) is 6.92 Å². The Labute approximate surface area is 182 Å². The van der Waals surface area contributed by atoms with E-state index < -0.39 is 0 Å². The molecule has 1 amide bonds. The number of thiazole rings is 1. The predicted octanol–water partition coefficient (Wildman–Crippen LogP) is 6.22. The number of benzene rings is 2. The van der Waals surface area contributed by atoms with Gasteiger partial charge in [-0.05, 0) is 60.7 Å². The lowest BCUT2D eigenvalue weighted by molar-refractivity contribution is 0.0985. The van der Waals surface area contributed by atoms with Crippen LogP contribution >= 0.6 is 34.7 Å². The zero-order valence-corrected chi connectivity index (χ0v) is 18.3. The van der Waals surface area contributed by atoms with Gasteiger partial charge in [-0.15, -0.1) is 11.8 Å². The van der Waals surface area contributed by atoms with Crippen LogP contribution in [0.5, 0.6) is 0 Å². The molecule has 0 unspecified atom stereocenters. The second-order valence-corrected chi connectivity index (χ2v) is 8.88. The van der Waals surface area contributed by atoms with Gasteiger partial charge in [-0.2, -0.15) is 0 Å². The van der Waals surface area contributed by atoms with Gasteiger partial charge in [0.1, 0.15) is 0 Å². The highest BCUT2D eigenvalue weighted by Crippen LogP contribution is 2.34. The van der Waals surface area contributed by atoms with E-state index in [1.165, 1.54) is 11.3 Å². The highest BCUT2D eigenvalue weighted by atomic mass is 35.5. The molecule has 0 aliphatic carbocycles. The summed E-state index contributed by atoms with van der Waals surface area (Å²) in [5, 5.41) is 1.32. The number of thioether (sulfide) groups is 1. The van der Waals surface area contributed by atoms with Gasteiger partial charge in [0.2, 0.25) is 0 Å². The SMILES string of the molecule is CSc1cccc(C(=O)N(Cc2cccnc2)c2nc3c(C)cc(Cl)cc3s2)c1. The first-order valence-electron chi connectivity index (χ1n) is 8.96. The van der Waals surface area contributed by atoms with Gasteiger partial charge in [0.15, 0.2) is 5.13 Å². The first-order chi connectivity index (χ1) is 14.0. The topological polar surface area (TPSA) is 46.1 Å². The second kappa shape index (κ2) is 8.53. The molecule has 0 N–H and O–H groups in total. The van der Waals surface area contributed by atoms with E-state index in [0.29, 0.717) is 22.3 Å². The average molecular weight is 440 g/mol. The number of anilines is 1. The Morgan fingerprint density at radius 2 is 2.07 bits per heavy atom. The van der Waals surface area contributed by atoms with Crippen LogP contribution in [-0.4, -0.2) is 22.1 Å². The molecule has 0 atom stereocenters. The summed E-state index contributed by atoms with van der Waals surface area (Å²) in [5.74, 6) is -0.0902. The largest absolute Gasteiger partial charge is 0.279 e. The normalized spacial score (nSPS) is 11.0. The van der Waals surface area contributed by atoms with E-state index in [1.807, 2.05) is 61.7 Å². The maximum atomic E-state index is 13.5. The molecule has 0 saturated heterocycles. The molecule has 0 fully saturated rings. The number of amides is 1. The predicted molar refractivity (Wildman–Crippen MR) is 122 cm³/mol. The molecule has 4 rings (SSSR count). The van der Waals surface area contributed by atoms with Crippen molar-refractivity contribution in [1.82, 2.24) is 9.97 Å². The Morgan fingerprint density at radius 3 is 2.83 bits per heavy atom. The van der Waals surface area contributed by atoms with Crippen LogP contribution in [0.1, 0.15) is 21.5 Å². The summed E-state index contributed by atoms with van der Waals surface area (Å²) < 4.78 is 0.965. The van der Waals surface area contributed by atoms with Crippen LogP contribution in [-0.2, 0) is 6.54 Å². The van der Waals surface area contributed by atoms with Crippen molar-refractivity contribution in [2.24, 2.45) is 0 Å². The highest BCUT2D eigenvalue weighted by Gasteiger charge is 2.22. The lowest BCUT2D eigenvalue weighted by atomic mass is 10.2. The van der Waals surface area contributed by atoms with Gasteiger partial charge in [0.05, 0.1) is 16.8 Å². The molecule has 4 aromatic rings. The number of carbonyl (C=O) groups is 1. The van der Waals surface area contributed by atoms with Gasteiger partial charge < -0.3 is 0 Å². The molecule has 0 aliphatic rings. The molecule has 2 aromatic carbocycles. The van der Waals surface area contributed by atoms with Gasteiger partial charge in [-0.3, -0.25) is 14.7 Å². The molecule has 2 aromatic heterocycles. The lowest BCUT2D eigenvalue weighted by Gasteiger charge is -2.20. The first-order valence-corrected chi connectivity index (χ1v) is 11.4. The van der Waals surface area contributed by atoms with Crippen molar-refractivity contribution in [3.05, 3.63) is 82.6 Å². The van der Waals surface area contributed by atoms with E-state index in [9.17, 15) is 4.79 Å². The standard InChI is InChI=1S/C22H18ClN3OS2/c1-14-9-17(23)11-19-20(14)25-22(29-19)26(13-15-5-4-8-24-12-15)21(27)16-6-3-7-18(10-16)28-2/h3-12H,13H2,1-2H3. The second-order valence-electron chi connectivity index (χ2n) is 6.55. The highest BCUT2D eigenvalue weighted by molar-refractivity contribution is 7.98. The van der Waals surface area contributed by atoms with Crippen LogP contribution < -0.4 is 4.90 Å². The fourth-order valence-corrected chi connectivity index (χ4v) is 4.95. The Hall–Kier alpha value is -2.41. The zero-order chi connectivity index (χ0) is 20.4. The number of halogens is 1. The van der Waals surface area contributed by atoms with E-state index in [0.717, 1.165) is 26.2 Å². The van der Waals surface area contributed by atoms with Gasteiger partial charge in [-0.25, -0.2) is 4.98 Å². The van der Waals surface area contributed by atoms with Crippen molar-refractivity contribution in [3.8, 4) is 0 Å². The van der Waals surface area contributed by atoms with Gasteiger partial charge in [0.25, 0.3) is 5.91 Å². The van der Waals surface area contributed by atoms with E-state index in [2.05, 4.69) is 4.98 Å². The van der Waals surface area contributed by atoms with Crippen LogP contribution in [0.25, 0.3) is 10.2 Å². The number of pyridine rings is 1. The number of rotatable bonds is 5. The Morgan fingerprint density at radius 1 is 1.21 bits per heavy atom. The number of aromatic nitrogens is 2. The van der Waals surface area contributed by atoms with Crippen molar-refractivity contribution in [1.29, 1.82) is 0 Å². The smallest absolute Gasteiger partial charge is 0.260 e. The van der Waals surface area contributed by atoms with Crippen LogP contribution in [0.4, 0.5) is 5.13 Å². The third kappa shape index (κ3) is 4.29. The number of carbonyl (C=O) groups excluding carboxylic acids is 1. The summed E-state index contributed by atoms with van der Waals surface area (Å²) in [4.78, 5) is 25.2. The molecule has 146 valence electrons. The van der Waals surface area contributed by atoms with E-state index >= 15 is 0 Å².